The molecule has 0 spiro atoms. The number of carbonyl (C=O) groups is 1. The lowest BCUT2D eigenvalue weighted by Crippen LogP contribution is -2.43. The van der Waals surface area contributed by atoms with Crippen molar-refractivity contribution in [1.29, 1.82) is 0 Å². The molecule has 2 atom stereocenters. The minimum Gasteiger partial charge on any atom is -0.367 e. The Morgan fingerprint density at radius 3 is 2.65 bits per heavy atom. The van der Waals surface area contributed by atoms with Crippen molar-refractivity contribution in [2.24, 2.45) is 0 Å². The van der Waals surface area contributed by atoms with Gasteiger partial charge in [-0.3, -0.25) is 4.79 Å². The molecule has 0 N–H and O–H groups in total. The number of para-hydroxylation sites is 1. The molecular formula is C21H21N3O2. The SMILES string of the molecule is CO[C@@H](C(=O)N1C[C@H](n2ccnc2)Cc2ccccc21)c1ccccc1. The number of nitrogens with zero attached hydrogens (tertiary/aromatic N) is 3. The van der Waals surface area contributed by atoms with Crippen molar-refractivity contribution < 1.29 is 9.53 Å². The van der Waals surface area contributed by atoms with E-state index < -0.39 is 6.10 Å². The highest BCUT2D eigenvalue weighted by atomic mass is 16.5. The summed E-state index contributed by atoms with van der Waals surface area (Å²) in [6, 6.07) is 17.9. The Kier molecular flexibility index (Phi) is 4.54. The van der Waals surface area contributed by atoms with Crippen molar-refractivity contribution >= 4 is 11.6 Å². The summed E-state index contributed by atoms with van der Waals surface area (Å²) in [5.74, 6) is -0.0454. The van der Waals surface area contributed by atoms with Gasteiger partial charge in [0, 0.05) is 31.7 Å². The van der Waals surface area contributed by atoms with Gasteiger partial charge < -0.3 is 14.2 Å². The molecule has 1 amide bonds. The number of ether oxygens (including phenoxy) is 1. The van der Waals surface area contributed by atoms with Crippen LogP contribution < -0.4 is 4.90 Å². The molecule has 0 bridgehead atoms. The molecule has 5 heteroatoms. The normalized spacial score (nSPS) is 17.6. The summed E-state index contributed by atoms with van der Waals surface area (Å²) in [6.07, 6.45) is 5.79. The maximum Gasteiger partial charge on any atom is 0.260 e. The third-order valence-electron chi connectivity index (χ3n) is 4.91. The second kappa shape index (κ2) is 7.14. The lowest BCUT2D eigenvalue weighted by molar-refractivity contribution is -0.128. The average molecular weight is 347 g/mol. The van der Waals surface area contributed by atoms with Crippen molar-refractivity contribution in [3.63, 3.8) is 0 Å². The predicted molar refractivity (Wildman–Crippen MR) is 100.0 cm³/mol. The number of hydrogen-bond acceptors (Lipinski definition) is 3. The van der Waals surface area contributed by atoms with Gasteiger partial charge in [0.15, 0.2) is 6.10 Å². The molecule has 0 fully saturated rings. The van der Waals surface area contributed by atoms with Gasteiger partial charge in [-0.25, -0.2) is 4.98 Å². The first-order chi connectivity index (χ1) is 12.8. The monoisotopic (exact) mass is 347 g/mol. The zero-order chi connectivity index (χ0) is 17.9. The zero-order valence-corrected chi connectivity index (χ0v) is 14.7. The van der Waals surface area contributed by atoms with Gasteiger partial charge in [-0.2, -0.15) is 0 Å². The van der Waals surface area contributed by atoms with E-state index in [0.29, 0.717) is 6.54 Å². The molecule has 0 saturated heterocycles. The zero-order valence-electron chi connectivity index (χ0n) is 14.7. The maximum atomic E-state index is 13.4. The minimum atomic E-state index is -0.620. The summed E-state index contributed by atoms with van der Waals surface area (Å²) in [4.78, 5) is 19.4. The Morgan fingerprint density at radius 2 is 1.92 bits per heavy atom. The fraction of sp³-hybridized carbons (Fsp3) is 0.238. The van der Waals surface area contributed by atoms with E-state index >= 15 is 0 Å². The number of rotatable bonds is 4. The minimum absolute atomic E-state index is 0.0454. The molecule has 0 aliphatic carbocycles. The van der Waals surface area contributed by atoms with Crippen LogP contribution in [0.25, 0.3) is 0 Å². The van der Waals surface area contributed by atoms with E-state index in [0.717, 1.165) is 23.2 Å². The first-order valence-corrected chi connectivity index (χ1v) is 8.72. The highest BCUT2D eigenvalue weighted by molar-refractivity contribution is 5.98. The van der Waals surface area contributed by atoms with Gasteiger partial charge in [0.1, 0.15) is 0 Å². The summed E-state index contributed by atoms with van der Waals surface area (Å²) in [5, 5.41) is 0. The van der Waals surface area contributed by atoms with Crippen LogP contribution in [0.15, 0.2) is 73.3 Å². The predicted octanol–water partition coefficient (Wildman–Crippen LogP) is 3.40. The number of methoxy groups -OCH3 is 1. The fourth-order valence-corrected chi connectivity index (χ4v) is 3.62. The fourth-order valence-electron chi connectivity index (χ4n) is 3.62. The van der Waals surface area contributed by atoms with Crippen LogP contribution >= 0.6 is 0 Å². The number of carbonyl (C=O) groups excluding carboxylic acids is 1. The summed E-state index contributed by atoms with van der Waals surface area (Å²) in [6.45, 7) is 0.596. The van der Waals surface area contributed by atoms with Gasteiger partial charge in [-0.05, 0) is 23.6 Å². The number of aromatic nitrogens is 2. The topological polar surface area (TPSA) is 47.4 Å². The van der Waals surface area contributed by atoms with Crippen LogP contribution in [-0.2, 0) is 16.0 Å². The number of benzene rings is 2. The smallest absolute Gasteiger partial charge is 0.260 e. The van der Waals surface area contributed by atoms with Gasteiger partial charge in [-0.15, -0.1) is 0 Å². The molecule has 4 rings (SSSR count). The maximum absolute atomic E-state index is 13.4. The van der Waals surface area contributed by atoms with E-state index in [1.165, 1.54) is 0 Å². The van der Waals surface area contributed by atoms with Crippen LogP contribution in [0.4, 0.5) is 5.69 Å². The molecule has 26 heavy (non-hydrogen) atoms. The molecule has 132 valence electrons. The highest BCUT2D eigenvalue weighted by Gasteiger charge is 2.33. The third-order valence-corrected chi connectivity index (χ3v) is 4.91. The Balaban J connectivity index is 1.70. The lowest BCUT2D eigenvalue weighted by Gasteiger charge is -2.36. The van der Waals surface area contributed by atoms with Crippen LogP contribution in [-0.4, -0.2) is 29.1 Å². The third kappa shape index (κ3) is 3.02. The number of imidazole rings is 1. The van der Waals surface area contributed by atoms with Crippen molar-refractivity contribution in [2.45, 2.75) is 18.6 Å². The van der Waals surface area contributed by atoms with Crippen molar-refractivity contribution in [3.05, 3.63) is 84.4 Å². The Hall–Kier alpha value is -2.92. The molecule has 1 aliphatic heterocycles. The summed E-state index contributed by atoms with van der Waals surface area (Å²) in [5.41, 5.74) is 2.99. The Morgan fingerprint density at radius 1 is 1.15 bits per heavy atom. The molecule has 1 aromatic heterocycles. The standard InChI is InChI=1S/C21H21N3O2/c1-26-20(16-7-3-2-4-8-16)21(25)24-14-18(23-12-11-22-15-23)13-17-9-5-6-10-19(17)24/h2-12,15,18,20H,13-14H2,1H3/t18-,20-/m1/s1. The summed E-state index contributed by atoms with van der Waals surface area (Å²) >= 11 is 0. The lowest BCUT2D eigenvalue weighted by atomic mass is 9.96. The van der Waals surface area contributed by atoms with Gasteiger partial charge in [-0.1, -0.05) is 48.5 Å². The number of anilines is 1. The Labute approximate surface area is 152 Å². The van der Waals surface area contributed by atoms with E-state index in [9.17, 15) is 4.79 Å². The van der Waals surface area contributed by atoms with Crippen LogP contribution in [0.5, 0.6) is 0 Å². The second-order valence-electron chi connectivity index (χ2n) is 6.47. The van der Waals surface area contributed by atoms with Crippen LogP contribution in [0, 0.1) is 0 Å². The quantitative estimate of drug-likeness (QED) is 0.727. The van der Waals surface area contributed by atoms with Crippen molar-refractivity contribution in [3.8, 4) is 0 Å². The van der Waals surface area contributed by atoms with E-state index in [2.05, 4.69) is 15.6 Å². The molecule has 0 unspecified atom stereocenters. The van der Waals surface area contributed by atoms with Crippen LogP contribution in [0.2, 0.25) is 0 Å². The van der Waals surface area contributed by atoms with Crippen molar-refractivity contribution in [2.75, 3.05) is 18.6 Å². The van der Waals surface area contributed by atoms with Gasteiger partial charge >= 0.3 is 0 Å². The van der Waals surface area contributed by atoms with Crippen LogP contribution in [0.1, 0.15) is 23.3 Å². The molecule has 0 radical (unpaired) electrons. The molecule has 2 heterocycles. The number of fused-ring (bicyclic) bond motifs is 1. The Bertz CT molecular complexity index is 877. The first kappa shape index (κ1) is 16.5. The first-order valence-electron chi connectivity index (χ1n) is 8.72. The van der Waals surface area contributed by atoms with Crippen LogP contribution in [0.3, 0.4) is 0 Å². The molecule has 0 saturated carbocycles. The van der Waals surface area contributed by atoms with E-state index in [1.54, 1.807) is 13.3 Å². The van der Waals surface area contributed by atoms with Gasteiger partial charge in [0.2, 0.25) is 0 Å². The molecular weight excluding hydrogens is 326 g/mol. The number of amides is 1. The van der Waals surface area contributed by atoms with Gasteiger partial charge in [0.25, 0.3) is 5.91 Å². The second-order valence-corrected chi connectivity index (χ2v) is 6.47. The van der Waals surface area contributed by atoms with E-state index in [-0.39, 0.29) is 11.9 Å². The van der Waals surface area contributed by atoms with E-state index in [4.69, 9.17) is 4.74 Å². The number of hydrogen-bond donors (Lipinski definition) is 0. The summed E-state index contributed by atoms with van der Waals surface area (Å²) < 4.78 is 7.65. The molecule has 5 nitrogen and oxygen atoms in total. The van der Waals surface area contributed by atoms with Gasteiger partial charge in [0.05, 0.1) is 12.4 Å². The molecule has 3 aromatic rings. The molecule has 2 aromatic carbocycles. The summed E-state index contributed by atoms with van der Waals surface area (Å²) in [7, 11) is 1.58. The van der Waals surface area contributed by atoms with E-state index in [1.807, 2.05) is 66.0 Å². The van der Waals surface area contributed by atoms with Crippen molar-refractivity contribution in [1.82, 2.24) is 9.55 Å². The molecule has 1 aliphatic rings. The highest BCUT2D eigenvalue weighted by Crippen LogP contribution is 2.34. The average Bonchev–Trinajstić information content (AvgIpc) is 3.23. The largest absolute Gasteiger partial charge is 0.367 e.